The first-order valence-electron chi connectivity index (χ1n) is 4.34. The molecule has 0 saturated carbocycles. The van der Waals surface area contributed by atoms with Gasteiger partial charge in [0.2, 0.25) is 0 Å². The summed E-state index contributed by atoms with van der Waals surface area (Å²) in [6.45, 7) is 1.52. The van der Waals surface area contributed by atoms with Crippen molar-refractivity contribution < 1.29 is 9.47 Å². The van der Waals surface area contributed by atoms with Gasteiger partial charge in [-0.1, -0.05) is 28.7 Å². The van der Waals surface area contributed by atoms with Crippen LogP contribution in [0.2, 0.25) is 0 Å². The SMILES string of the molecule is ICc1ccc2c(c1)OCCCO2. The molecular weight excluding hydrogens is 279 g/mol. The summed E-state index contributed by atoms with van der Waals surface area (Å²) in [6.07, 6.45) is 0.967. The molecule has 0 fully saturated rings. The second-order valence-electron chi connectivity index (χ2n) is 2.97. The van der Waals surface area contributed by atoms with Crippen molar-refractivity contribution in [3.05, 3.63) is 23.8 Å². The predicted molar refractivity (Wildman–Crippen MR) is 59.8 cm³/mol. The summed E-state index contributed by atoms with van der Waals surface area (Å²) < 4.78 is 12.1. The molecular formula is C10H11IO2. The van der Waals surface area contributed by atoms with Crippen molar-refractivity contribution in [3.8, 4) is 11.5 Å². The molecule has 0 aromatic heterocycles. The first-order valence-corrected chi connectivity index (χ1v) is 5.87. The van der Waals surface area contributed by atoms with E-state index in [9.17, 15) is 0 Å². The van der Waals surface area contributed by atoms with Crippen LogP contribution in [0.5, 0.6) is 11.5 Å². The third-order valence-corrected chi connectivity index (χ3v) is 2.85. The normalized spacial score (nSPS) is 15.2. The summed E-state index contributed by atoms with van der Waals surface area (Å²) in [5.74, 6) is 1.78. The zero-order chi connectivity index (χ0) is 9.10. The van der Waals surface area contributed by atoms with Crippen molar-refractivity contribution in [1.82, 2.24) is 0 Å². The molecule has 1 aromatic carbocycles. The fourth-order valence-electron chi connectivity index (χ4n) is 1.29. The van der Waals surface area contributed by atoms with E-state index in [4.69, 9.17) is 9.47 Å². The summed E-state index contributed by atoms with van der Waals surface area (Å²) >= 11 is 2.34. The van der Waals surface area contributed by atoms with E-state index in [1.54, 1.807) is 0 Å². The van der Waals surface area contributed by atoms with Crippen molar-refractivity contribution in [2.24, 2.45) is 0 Å². The lowest BCUT2D eigenvalue weighted by Crippen LogP contribution is -1.97. The van der Waals surface area contributed by atoms with Crippen molar-refractivity contribution in [1.29, 1.82) is 0 Å². The second-order valence-corrected chi connectivity index (χ2v) is 3.73. The van der Waals surface area contributed by atoms with Gasteiger partial charge >= 0.3 is 0 Å². The number of hydrogen-bond donors (Lipinski definition) is 0. The number of fused-ring (bicyclic) bond motifs is 1. The highest BCUT2D eigenvalue weighted by atomic mass is 127. The van der Waals surface area contributed by atoms with Crippen molar-refractivity contribution >= 4 is 22.6 Å². The Labute approximate surface area is 91.4 Å². The van der Waals surface area contributed by atoms with E-state index in [2.05, 4.69) is 34.7 Å². The average Bonchev–Trinajstić information content (AvgIpc) is 2.41. The lowest BCUT2D eigenvalue weighted by atomic mass is 10.2. The molecule has 1 heterocycles. The van der Waals surface area contributed by atoms with E-state index in [1.165, 1.54) is 5.56 Å². The van der Waals surface area contributed by atoms with Gasteiger partial charge in [0.25, 0.3) is 0 Å². The molecule has 0 amide bonds. The van der Waals surface area contributed by atoms with Crippen LogP contribution in [0.1, 0.15) is 12.0 Å². The van der Waals surface area contributed by atoms with Gasteiger partial charge in [0.15, 0.2) is 11.5 Å². The fourth-order valence-corrected chi connectivity index (χ4v) is 1.77. The molecule has 2 nitrogen and oxygen atoms in total. The number of halogens is 1. The van der Waals surface area contributed by atoms with Gasteiger partial charge in [0.1, 0.15) is 0 Å². The molecule has 0 radical (unpaired) electrons. The number of hydrogen-bond acceptors (Lipinski definition) is 2. The molecule has 13 heavy (non-hydrogen) atoms. The van der Waals surface area contributed by atoms with Crippen LogP contribution in [-0.2, 0) is 4.43 Å². The van der Waals surface area contributed by atoms with Crippen molar-refractivity contribution in [3.63, 3.8) is 0 Å². The maximum absolute atomic E-state index is 5.56. The van der Waals surface area contributed by atoms with E-state index >= 15 is 0 Å². The second kappa shape index (κ2) is 4.17. The Balaban J connectivity index is 2.32. The smallest absolute Gasteiger partial charge is 0.161 e. The van der Waals surface area contributed by atoms with Gasteiger partial charge in [0.05, 0.1) is 13.2 Å². The molecule has 0 aliphatic carbocycles. The molecule has 1 aliphatic heterocycles. The minimum absolute atomic E-state index is 0.760. The van der Waals surface area contributed by atoms with Crippen LogP contribution in [-0.4, -0.2) is 13.2 Å². The topological polar surface area (TPSA) is 18.5 Å². The first kappa shape index (κ1) is 9.12. The van der Waals surface area contributed by atoms with E-state index in [0.717, 1.165) is 35.6 Å². The summed E-state index contributed by atoms with van der Waals surface area (Å²) in [7, 11) is 0. The summed E-state index contributed by atoms with van der Waals surface area (Å²) in [4.78, 5) is 0. The Hall–Kier alpha value is -0.450. The quantitative estimate of drug-likeness (QED) is 0.585. The van der Waals surface area contributed by atoms with Crippen LogP contribution in [0.4, 0.5) is 0 Å². The number of alkyl halides is 1. The van der Waals surface area contributed by atoms with Gasteiger partial charge in [-0.3, -0.25) is 0 Å². The molecule has 0 spiro atoms. The van der Waals surface area contributed by atoms with Gasteiger partial charge < -0.3 is 9.47 Å². The Morgan fingerprint density at radius 1 is 1.15 bits per heavy atom. The van der Waals surface area contributed by atoms with Gasteiger partial charge in [0, 0.05) is 10.8 Å². The van der Waals surface area contributed by atoms with Crippen LogP contribution < -0.4 is 9.47 Å². The van der Waals surface area contributed by atoms with Crippen LogP contribution in [0.3, 0.4) is 0 Å². The van der Waals surface area contributed by atoms with Gasteiger partial charge in [-0.25, -0.2) is 0 Å². The van der Waals surface area contributed by atoms with E-state index in [1.807, 2.05) is 6.07 Å². The Morgan fingerprint density at radius 2 is 1.92 bits per heavy atom. The maximum atomic E-state index is 5.56. The molecule has 2 rings (SSSR count). The van der Waals surface area contributed by atoms with Crippen molar-refractivity contribution in [2.75, 3.05) is 13.2 Å². The Kier molecular flexibility index (Phi) is 2.93. The van der Waals surface area contributed by atoms with Crippen LogP contribution in [0, 0.1) is 0 Å². The average molecular weight is 290 g/mol. The zero-order valence-electron chi connectivity index (χ0n) is 7.25. The molecule has 3 heteroatoms. The fraction of sp³-hybridized carbons (Fsp3) is 0.400. The molecule has 0 saturated heterocycles. The zero-order valence-corrected chi connectivity index (χ0v) is 9.41. The minimum Gasteiger partial charge on any atom is -0.490 e. The molecule has 0 bridgehead atoms. The third kappa shape index (κ3) is 2.07. The lowest BCUT2D eigenvalue weighted by Gasteiger charge is -2.07. The third-order valence-electron chi connectivity index (χ3n) is 1.97. The molecule has 1 aromatic rings. The molecule has 0 unspecified atom stereocenters. The number of benzene rings is 1. The van der Waals surface area contributed by atoms with Gasteiger partial charge in [-0.05, 0) is 17.7 Å². The number of rotatable bonds is 1. The van der Waals surface area contributed by atoms with E-state index < -0.39 is 0 Å². The maximum Gasteiger partial charge on any atom is 0.161 e. The van der Waals surface area contributed by atoms with Gasteiger partial charge in [-0.15, -0.1) is 0 Å². The highest BCUT2D eigenvalue weighted by Crippen LogP contribution is 2.30. The summed E-state index contributed by atoms with van der Waals surface area (Å²) in [5.41, 5.74) is 1.28. The summed E-state index contributed by atoms with van der Waals surface area (Å²) in [6, 6.07) is 6.14. The van der Waals surface area contributed by atoms with Crippen LogP contribution in [0.25, 0.3) is 0 Å². The highest BCUT2D eigenvalue weighted by Gasteiger charge is 2.09. The highest BCUT2D eigenvalue weighted by molar-refractivity contribution is 14.1. The van der Waals surface area contributed by atoms with Crippen LogP contribution in [0.15, 0.2) is 18.2 Å². The van der Waals surface area contributed by atoms with Crippen LogP contribution >= 0.6 is 22.6 Å². The Morgan fingerprint density at radius 3 is 2.69 bits per heavy atom. The Bertz CT molecular complexity index is 299. The number of ether oxygens (including phenoxy) is 2. The van der Waals surface area contributed by atoms with Crippen molar-refractivity contribution in [2.45, 2.75) is 10.8 Å². The monoisotopic (exact) mass is 290 g/mol. The summed E-state index contributed by atoms with van der Waals surface area (Å²) in [5, 5.41) is 0. The largest absolute Gasteiger partial charge is 0.490 e. The molecule has 70 valence electrons. The lowest BCUT2D eigenvalue weighted by molar-refractivity contribution is 0.297. The molecule has 0 N–H and O–H groups in total. The molecule has 0 atom stereocenters. The predicted octanol–water partition coefficient (Wildman–Crippen LogP) is 2.78. The van der Waals surface area contributed by atoms with E-state index in [-0.39, 0.29) is 0 Å². The standard InChI is InChI=1S/C10H11IO2/c11-7-8-2-3-9-10(6-8)13-5-1-4-12-9/h2-3,6H,1,4-5,7H2. The van der Waals surface area contributed by atoms with Gasteiger partial charge in [-0.2, -0.15) is 0 Å². The first-order chi connectivity index (χ1) is 6.40. The minimum atomic E-state index is 0.760. The molecule has 1 aliphatic rings. The van der Waals surface area contributed by atoms with E-state index in [0.29, 0.717) is 0 Å².